The van der Waals surface area contributed by atoms with Crippen molar-refractivity contribution in [3.8, 4) is 5.75 Å². The maximum Gasteiger partial charge on any atom is 0.408 e. The van der Waals surface area contributed by atoms with Crippen LogP contribution < -0.4 is 10.6 Å². The smallest absolute Gasteiger partial charge is 0.408 e. The molecule has 10 heteroatoms. The Labute approximate surface area is 261 Å². The first-order chi connectivity index (χ1) is 20.5. The molecule has 0 saturated heterocycles. The van der Waals surface area contributed by atoms with E-state index in [1.807, 2.05) is 37.3 Å². The number of nitrogens with one attached hydrogen (secondary N) is 2. The van der Waals surface area contributed by atoms with Gasteiger partial charge < -0.3 is 30.1 Å². The zero-order valence-electron chi connectivity index (χ0n) is 27.4. The summed E-state index contributed by atoms with van der Waals surface area (Å²) < 4.78 is 10.9. The maximum absolute atomic E-state index is 14.2. The minimum absolute atomic E-state index is 0.141. The van der Waals surface area contributed by atoms with Gasteiger partial charge in [0.1, 0.15) is 35.6 Å². The summed E-state index contributed by atoms with van der Waals surface area (Å²) in [6.07, 6.45) is 1.60. The van der Waals surface area contributed by atoms with E-state index in [0.717, 1.165) is 18.4 Å². The highest BCUT2D eigenvalue weighted by Gasteiger charge is 2.36. The van der Waals surface area contributed by atoms with E-state index in [0.29, 0.717) is 12.0 Å². The zero-order chi connectivity index (χ0) is 33.1. The van der Waals surface area contributed by atoms with Crippen molar-refractivity contribution in [2.24, 2.45) is 0 Å². The summed E-state index contributed by atoms with van der Waals surface area (Å²) in [5, 5.41) is 16.4. The Morgan fingerprint density at radius 1 is 0.886 bits per heavy atom. The van der Waals surface area contributed by atoms with Gasteiger partial charge in [0.15, 0.2) is 0 Å². The van der Waals surface area contributed by atoms with Crippen LogP contribution in [-0.2, 0) is 30.3 Å². The number of para-hydroxylation sites is 1. The molecule has 0 spiro atoms. The molecule has 0 aliphatic heterocycles. The number of esters is 1. The number of carbonyl (C=O) groups excluding carboxylic acids is 4. The van der Waals surface area contributed by atoms with Crippen molar-refractivity contribution in [1.82, 2.24) is 15.5 Å². The molecule has 0 aromatic heterocycles. The molecule has 242 valence electrons. The molecular weight excluding hydrogens is 562 g/mol. The van der Waals surface area contributed by atoms with Crippen molar-refractivity contribution in [2.45, 2.75) is 104 Å². The van der Waals surface area contributed by atoms with Crippen LogP contribution in [-0.4, -0.2) is 64.2 Å². The number of rotatable bonds is 13. The van der Waals surface area contributed by atoms with Gasteiger partial charge in [0.05, 0.1) is 0 Å². The summed E-state index contributed by atoms with van der Waals surface area (Å²) >= 11 is 0. The number of phenols is 1. The summed E-state index contributed by atoms with van der Waals surface area (Å²) in [6.45, 7) is 13.8. The molecule has 44 heavy (non-hydrogen) atoms. The Morgan fingerprint density at radius 3 is 2.11 bits per heavy atom. The summed E-state index contributed by atoms with van der Waals surface area (Å²) in [5.41, 5.74) is -0.0519. The number of hydrogen-bond acceptors (Lipinski definition) is 7. The van der Waals surface area contributed by atoms with E-state index in [4.69, 9.17) is 9.47 Å². The van der Waals surface area contributed by atoms with Crippen LogP contribution in [0.5, 0.6) is 5.75 Å². The fourth-order valence-electron chi connectivity index (χ4n) is 4.51. The molecule has 2 rings (SSSR count). The second-order valence-corrected chi connectivity index (χ2v) is 12.8. The molecule has 2 aromatic carbocycles. The van der Waals surface area contributed by atoms with Crippen molar-refractivity contribution in [3.63, 3.8) is 0 Å². The number of phenolic OH excluding ortho intramolecular Hbond substituents is 1. The molecule has 10 nitrogen and oxygen atoms in total. The van der Waals surface area contributed by atoms with Crippen LogP contribution in [0.2, 0.25) is 0 Å². The van der Waals surface area contributed by atoms with Gasteiger partial charge in [-0.2, -0.15) is 0 Å². The van der Waals surface area contributed by atoms with Crippen molar-refractivity contribution in [1.29, 1.82) is 0 Å². The van der Waals surface area contributed by atoms with Crippen LogP contribution in [0.4, 0.5) is 4.79 Å². The number of carbonyl (C=O) groups is 4. The minimum Gasteiger partial charge on any atom is -0.507 e. The highest BCUT2D eigenvalue weighted by molar-refractivity contribution is 5.93. The molecule has 0 fully saturated rings. The standard InChI is InChI=1S/C34H49N3O7/c1-9-10-14-20-37(27(38)22-35-32(42)44-34(6,7)8)28(25-19-15-16-23(2)29(25)39)30(40)36-26(31(41)43-33(3,4)5)21-24-17-12-11-13-18-24/h11-13,15-19,26,28,39H,9-10,14,20-22H2,1-8H3,(H,35,42)(H,36,40). The number of amides is 3. The SMILES string of the molecule is CCCCCN(C(=O)CNC(=O)OC(C)(C)C)C(C(=O)NC(Cc1ccccc1)C(=O)OC(C)(C)C)c1cccc(C)c1O. The molecule has 0 radical (unpaired) electrons. The van der Waals surface area contributed by atoms with E-state index >= 15 is 0 Å². The molecule has 0 aliphatic carbocycles. The Morgan fingerprint density at radius 2 is 1.52 bits per heavy atom. The van der Waals surface area contributed by atoms with E-state index in [-0.39, 0.29) is 24.3 Å². The molecule has 3 N–H and O–H groups in total. The molecular formula is C34H49N3O7. The van der Waals surface area contributed by atoms with E-state index in [1.54, 1.807) is 66.7 Å². The van der Waals surface area contributed by atoms with Crippen molar-refractivity contribution in [2.75, 3.05) is 13.1 Å². The predicted octanol–water partition coefficient (Wildman–Crippen LogP) is 5.35. The van der Waals surface area contributed by atoms with Gasteiger partial charge in [0.2, 0.25) is 11.8 Å². The van der Waals surface area contributed by atoms with Crippen molar-refractivity contribution >= 4 is 23.9 Å². The highest BCUT2D eigenvalue weighted by Crippen LogP contribution is 2.32. The molecule has 0 heterocycles. The third-order valence-electron chi connectivity index (χ3n) is 6.52. The summed E-state index contributed by atoms with van der Waals surface area (Å²) in [6, 6.07) is 11.8. The van der Waals surface area contributed by atoms with Gasteiger partial charge >= 0.3 is 12.1 Å². The lowest BCUT2D eigenvalue weighted by Crippen LogP contribution is -2.52. The van der Waals surface area contributed by atoms with Crippen LogP contribution in [0.1, 0.15) is 90.5 Å². The Kier molecular flexibility index (Phi) is 13.2. The molecule has 2 unspecified atom stereocenters. The van der Waals surface area contributed by atoms with E-state index in [1.165, 1.54) is 4.90 Å². The number of hydrogen-bond donors (Lipinski definition) is 3. The number of aromatic hydroxyl groups is 1. The van der Waals surface area contributed by atoms with Gasteiger partial charge in [-0.3, -0.25) is 9.59 Å². The largest absolute Gasteiger partial charge is 0.507 e. The predicted molar refractivity (Wildman–Crippen MR) is 169 cm³/mol. The Bertz CT molecular complexity index is 1270. The molecule has 0 bridgehead atoms. The van der Waals surface area contributed by atoms with E-state index < -0.39 is 53.7 Å². The lowest BCUT2D eigenvalue weighted by molar-refractivity contribution is -0.159. The summed E-state index contributed by atoms with van der Waals surface area (Å²) in [7, 11) is 0. The Balaban J connectivity index is 2.53. The van der Waals surface area contributed by atoms with E-state index in [2.05, 4.69) is 10.6 Å². The van der Waals surface area contributed by atoms with E-state index in [9.17, 15) is 24.3 Å². The quantitative estimate of drug-likeness (QED) is 0.205. The third-order valence-corrected chi connectivity index (χ3v) is 6.52. The van der Waals surface area contributed by atoms with Gasteiger partial charge in [-0.1, -0.05) is 68.3 Å². The lowest BCUT2D eigenvalue weighted by Gasteiger charge is -2.33. The van der Waals surface area contributed by atoms with Crippen molar-refractivity contribution in [3.05, 3.63) is 65.2 Å². The average molecular weight is 612 g/mol. The van der Waals surface area contributed by atoms with Gasteiger partial charge in [-0.15, -0.1) is 0 Å². The van der Waals surface area contributed by atoms with Gasteiger partial charge in [0.25, 0.3) is 0 Å². The molecule has 2 aromatic rings. The lowest BCUT2D eigenvalue weighted by atomic mass is 9.98. The van der Waals surface area contributed by atoms with Crippen LogP contribution in [0.15, 0.2) is 48.5 Å². The first-order valence-electron chi connectivity index (χ1n) is 15.1. The number of benzene rings is 2. The number of alkyl carbamates (subject to hydrolysis) is 1. The fourth-order valence-corrected chi connectivity index (χ4v) is 4.51. The van der Waals surface area contributed by atoms with Crippen LogP contribution in [0.25, 0.3) is 0 Å². The third kappa shape index (κ3) is 11.9. The molecule has 3 amide bonds. The number of unbranched alkanes of at least 4 members (excludes halogenated alkanes) is 2. The monoisotopic (exact) mass is 611 g/mol. The number of ether oxygens (including phenoxy) is 2. The highest BCUT2D eigenvalue weighted by atomic mass is 16.6. The van der Waals surface area contributed by atoms with Crippen LogP contribution in [0.3, 0.4) is 0 Å². The van der Waals surface area contributed by atoms with Gasteiger partial charge in [-0.05, 0) is 66.0 Å². The second kappa shape index (κ2) is 16.1. The molecule has 0 saturated carbocycles. The molecule has 2 atom stereocenters. The molecule has 0 aliphatic rings. The summed E-state index contributed by atoms with van der Waals surface area (Å²) in [5.74, 6) is -1.99. The Hall–Kier alpha value is -4.08. The first kappa shape index (κ1) is 36.1. The number of aryl methyl sites for hydroxylation is 1. The first-order valence-corrected chi connectivity index (χ1v) is 15.1. The van der Waals surface area contributed by atoms with Gasteiger partial charge in [0, 0.05) is 18.5 Å². The zero-order valence-corrected chi connectivity index (χ0v) is 27.4. The maximum atomic E-state index is 14.2. The second-order valence-electron chi connectivity index (χ2n) is 12.8. The summed E-state index contributed by atoms with van der Waals surface area (Å²) in [4.78, 5) is 55.0. The topological polar surface area (TPSA) is 134 Å². The van der Waals surface area contributed by atoms with Gasteiger partial charge in [-0.25, -0.2) is 9.59 Å². The van der Waals surface area contributed by atoms with Crippen LogP contribution in [0, 0.1) is 6.92 Å². The normalized spacial score (nSPS) is 12.9. The average Bonchev–Trinajstić information content (AvgIpc) is 2.91. The number of nitrogens with zero attached hydrogens (tertiary/aromatic N) is 1. The minimum atomic E-state index is -1.31. The van der Waals surface area contributed by atoms with Crippen LogP contribution >= 0.6 is 0 Å². The fraction of sp³-hybridized carbons (Fsp3) is 0.529. The van der Waals surface area contributed by atoms with Crippen molar-refractivity contribution < 1.29 is 33.8 Å².